The maximum Gasteiger partial charge on any atom is 0.347 e. The predicted molar refractivity (Wildman–Crippen MR) is 133 cm³/mol. The van der Waals surface area contributed by atoms with E-state index >= 15 is 0 Å². The number of hydrogen-bond acceptors (Lipinski definition) is 3. The fourth-order valence-electron chi connectivity index (χ4n) is 4.19. The molecule has 1 aliphatic rings. The van der Waals surface area contributed by atoms with Crippen LogP contribution in [-0.2, 0) is 6.54 Å². The van der Waals surface area contributed by atoms with E-state index in [9.17, 15) is 23.6 Å². The number of carbonyl (C=O) groups excluding carboxylic acids is 2. The van der Waals surface area contributed by atoms with Crippen LogP contribution in [0.5, 0.6) is 0 Å². The van der Waals surface area contributed by atoms with Gasteiger partial charge in [0.25, 0.3) is 0 Å². The molecule has 0 unspecified atom stereocenters. The standard InChI is InChI=1S/C25H22Cl2F2N4O3/c1-25(2)22(33(36)23(34)30-17-8-3-6-15(26)12-17)32(18-9-4-7-16(27)13-18)24(35)31(25)14-19-20(28)10-5-11-21(19)29/h3-13,22,36H,14H2,1-2H3,(H,30,34)/t22-/m0/s1. The molecule has 1 atom stereocenters. The summed E-state index contributed by atoms with van der Waals surface area (Å²) in [6, 6.07) is 14.3. The maximum atomic E-state index is 14.5. The van der Waals surface area contributed by atoms with Crippen LogP contribution in [0.4, 0.5) is 29.7 Å². The molecule has 0 bridgehead atoms. The average Bonchev–Trinajstić information content (AvgIpc) is 3.00. The van der Waals surface area contributed by atoms with E-state index < -0.39 is 41.9 Å². The van der Waals surface area contributed by atoms with E-state index in [0.29, 0.717) is 20.8 Å². The van der Waals surface area contributed by atoms with Crippen molar-refractivity contribution in [1.29, 1.82) is 0 Å². The van der Waals surface area contributed by atoms with E-state index in [0.717, 1.165) is 17.0 Å². The van der Waals surface area contributed by atoms with Gasteiger partial charge in [0.05, 0.1) is 12.1 Å². The van der Waals surface area contributed by atoms with Crippen molar-refractivity contribution >= 4 is 46.6 Å². The highest BCUT2D eigenvalue weighted by molar-refractivity contribution is 6.31. The first kappa shape index (κ1) is 25.7. The van der Waals surface area contributed by atoms with Crippen LogP contribution < -0.4 is 10.2 Å². The number of benzene rings is 3. The lowest BCUT2D eigenvalue weighted by Crippen LogP contribution is -2.58. The Bertz CT molecular complexity index is 1300. The molecule has 0 aliphatic carbocycles. The molecule has 7 nitrogen and oxygen atoms in total. The number of nitrogens with zero attached hydrogens (tertiary/aromatic N) is 3. The number of carbonyl (C=O) groups is 2. The Kier molecular flexibility index (Phi) is 7.08. The first-order valence-electron chi connectivity index (χ1n) is 10.8. The van der Waals surface area contributed by atoms with Gasteiger partial charge >= 0.3 is 12.1 Å². The van der Waals surface area contributed by atoms with Crippen molar-refractivity contribution in [3.05, 3.63) is 94.0 Å². The Hall–Kier alpha value is -3.40. The number of amides is 4. The van der Waals surface area contributed by atoms with Gasteiger partial charge in [0.1, 0.15) is 11.6 Å². The van der Waals surface area contributed by atoms with E-state index in [1.165, 1.54) is 23.1 Å². The number of halogens is 4. The molecule has 1 heterocycles. The van der Waals surface area contributed by atoms with Gasteiger partial charge in [-0.25, -0.2) is 18.4 Å². The molecule has 1 aliphatic heterocycles. The average molecular weight is 535 g/mol. The van der Waals surface area contributed by atoms with Crippen molar-refractivity contribution in [2.75, 3.05) is 10.2 Å². The summed E-state index contributed by atoms with van der Waals surface area (Å²) < 4.78 is 28.9. The first-order valence-corrected chi connectivity index (χ1v) is 11.6. The Balaban J connectivity index is 1.74. The van der Waals surface area contributed by atoms with Gasteiger partial charge in [-0.15, -0.1) is 0 Å². The van der Waals surface area contributed by atoms with Gasteiger partial charge < -0.3 is 10.2 Å². The molecule has 4 amide bonds. The Morgan fingerprint density at radius 3 is 2.22 bits per heavy atom. The van der Waals surface area contributed by atoms with E-state index in [2.05, 4.69) is 5.32 Å². The summed E-state index contributed by atoms with van der Waals surface area (Å²) in [5, 5.41) is 14.7. The predicted octanol–water partition coefficient (Wildman–Crippen LogP) is 6.74. The van der Waals surface area contributed by atoms with Gasteiger partial charge in [-0.1, -0.05) is 41.4 Å². The second-order valence-corrected chi connectivity index (χ2v) is 9.60. The Morgan fingerprint density at radius 1 is 1.03 bits per heavy atom. The van der Waals surface area contributed by atoms with Crippen LogP contribution in [0.15, 0.2) is 66.7 Å². The molecule has 36 heavy (non-hydrogen) atoms. The van der Waals surface area contributed by atoms with Crippen molar-refractivity contribution in [3.63, 3.8) is 0 Å². The van der Waals surface area contributed by atoms with Gasteiger partial charge in [-0.3, -0.25) is 10.1 Å². The molecule has 4 rings (SSSR count). The van der Waals surface area contributed by atoms with Crippen molar-refractivity contribution in [1.82, 2.24) is 9.96 Å². The SMILES string of the molecule is CC1(C)[C@H](N(O)C(=O)Nc2cccc(Cl)c2)N(c2cccc(Cl)c2)C(=O)N1Cc1c(F)cccc1F. The van der Waals surface area contributed by atoms with Crippen LogP contribution in [-0.4, -0.2) is 38.9 Å². The maximum absolute atomic E-state index is 14.5. The Morgan fingerprint density at radius 2 is 1.61 bits per heavy atom. The number of urea groups is 2. The summed E-state index contributed by atoms with van der Waals surface area (Å²) in [5.74, 6) is -1.65. The summed E-state index contributed by atoms with van der Waals surface area (Å²) in [6.45, 7) is 2.71. The summed E-state index contributed by atoms with van der Waals surface area (Å²) in [7, 11) is 0. The third-order valence-electron chi connectivity index (χ3n) is 5.99. The molecule has 0 saturated carbocycles. The molecule has 11 heteroatoms. The summed E-state index contributed by atoms with van der Waals surface area (Å²) >= 11 is 12.1. The van der Waals surface area contributed by atoms with Crippen molar-refractivity contribution < 1.29 is 23.6 Å². The van der Waals surface area contributed by atoms with Crippen molar-refractivity contribution in [2.24, 2.45) is 0 Å². The third kappa shape index (κ3) is 4.82. The molecule has 1 fully saturated rings. The second-order valence-electron chi connectivity index (χ2n) is 8.73. The van der Waals surface area contributed by atoms with Gasteiger partial charge in [-0.05, 0) is 62.4 Å². The highest BCUT2D eigenvalue weighted by atomic mass is 35.5. The third-order valence-corrected chi connectivity index (χ3v) is 6.46. The van der Waals surface area contributed by atoms with Crippen LogP contribution in [0.3, 0.4) is 0 Å². The molecular formula is C25H22Cl2F2N4O3. The molecule has 0 aromatic heterocycles. The van der Waals surface area contributed by atoms with E-state index in [-0.39, 0.29) is 11.3 Å². The lowest BCUT2D eigenvalue weighted by atomic mass is 9.99. The summed E-state index contributed by atoms with van der Waals surface area (Å²) in [4.78, 5) is 29.1. The number of hydrogen-bond donors (Lipinski definition) is 2. The minimum absolute atomic E-state index is 0.275. The molecule has 2 N–H and O–H groups in total. The fraction of sp³-hybridized carbons (Fsp3) is 0.200. The zero-order valence-electron chi connectivity index (χ0n) is 19.3. The minimum Gasteiger partial charge on any atom is -0.311 e. The number of rotatable bonds is 5. The van der Waals surface area contributed by atoms with Gasteiger partial charge in [-0.2, -0.15) is 5.06 Å². The van der Waals surface area contributed by atoms with Crippen LogP contribution in [0.2, 0.25) is 10.0 Å². The highest BCUT2D eigenvalue weighted by Gasteiger charge is 2.56. The molecule has 0 spiro atoms. The van der Waals surface area contributed by atoms with Gasteiger partial charge in [0, 0.05) is 27.0 Å². The van der Waals surface area contributed by atoms with E-state index in [1.807, 2.05) is 0 Å². The van der Waals surface area contributed by atoms with Gasteiger partial charge in [0.2, 0.25) is 0 Å². The van der Waals surface area contributed by atoms with Crippen molar-refractivity contribution in [2.45, 2.75) is 32.1 Å². The second kappa shape index (κ2) is 9.93. The smallest absolute Gasteiger partial charge is 0.311 e. The quantitative estimate of drug-likeness (QED) is 0.281. The normalized spacial score (nSPS) is 16.9. The lowest BCUT2D eigenvalue weighted by Gasteiger charge is -2.38. The van der Waals surface area contributed by atoms with Crippen LogP contribution in [0, 0.1) is 11.6 Å². The zero-order chi connectivity index (χ0) is 26.2. The Labute approximate surface area is 216 Å². The lowest BCUT2D eigenvalue weighted by molar-refractivity contribution is -0.0955. The number of anilines is 2. The van der Waals surface area contributed by atoms with Crippen LogP contribution >= 0.6 is 23.2 Å². The van der Waals surface area contributed by atoms with Crippen LogP contribution in [0.1, 0.15) is 19.4 Å². The zero-order valence-corrected chi connectivity index (χ0v) is 20.8. The van der Waals surface area contributed by atoms with E-state index in [4.69, 9.17) is 23.2 Å². The highest BCUT2D eigenvalue weighted by Crippen LogP contribution is 2.40. The molecule has 3 aromatic carbocycles. The molecule has 3 aromatic rings. The fourth-order valence-corrected chi connectivity index (χ4v) is 4.57. The summed E-state index contributed by atoms with van der Waals surface area (Å²) in [6.07, 6.45) is -1.31. The topological polar surface area (TPSA) is 76.1 Å². The molecule has 0 radical (unpaired) electrons. The first-order chi connectivity index (χ1) is 17.0. The minimum atomic E-state index is -1.32. The van der Waals surface area contributed by atoms with Gasteiger partial charge in [0.15, 0.2) is 6.17 Å². The molecular weight excluding hydrogens is 513 g/mol. The molecule has 188 valence electrons. The summed E-state index contributed by atoms with van der Waals surface area (Å²) in [5.41, 5.74) is -1.06. The number of nitrogens with one attached hydrogen (secondary N) is 1. The van der Waals surface area contributed by atoms with Crippen molar-refractivity contribution in [3.8, 4) is 0 Å². The molecule has 1 saturated heterocycles. The monoisotopic (exact) mass is 534 g/mol. The largest absolute Gasteiger partial charge is 0.347 e. The van der Waals surface area contributed by atoms with Crippen LogP contribution in [0.25, 0.3) is 0 Å². The number of hydroxylamine groups is 2. The van der Waals surface area contributed by atoms with E-state index in [1.54, 1.807) is 50.2 Å².